The summed E-state index contributed by atoms with van der Waals surface area (Å²) < 4.78 is 69.6. The number of ether oxygens (including phenoxy) is 1. The molecule has 198 valence electrons. The Morgan fingerprint density at radius 1 is 1.22 bits per heavy atom. The molecule has 0 spiro atoms. The second-order valence-electron chi connectivity index (χ2n) is 8.64. The average Bonchev–Trinajstić information content (AvgIpc) is 3.46. The number of ketones is 1. The number of nitrogens with one attached hydrogen (secondary N) is 1. The highest BCUT2D eigenvalue weighted by molar-refractivity contribution is 7.84. The normalized spacial score (nSPS) is 18.1. The average molecular weight is 540 g/mol. The number of nitrogens with two attached hydrogens (primary N) is 1. The van der Waals surface area contributed by atoms with Crippen LogP contribution < -0.4 is 15.2 Å². The lowest BCUT2D eigenvalue weighted by molar-refractivity contribution is -0.274. The SMILES string of the molecule is NS(=O)(=O)OC[C@@H]1CC[C@H](Nc2ccncc2C(=O)c2ccn(Cc3cccc(OC(F)(F)F)c3)n2)C1. The number of carbonyl (C=O) groups excluding carboxylic acids is 1. The number of carbonyl (C=O) groups is 1. The first kappa shape index (κ1) is 26.6. The van der Waals surface area contributed by atoms with Gasteiger partial charge in [0.1, 0.15) is 11.4 Å². The van der Waals surface area contributed by atoms with Gasteiger partial charge in [0.25, 0.3) is 0 Å². The fraction of sp³-hybridized carbons (Fsp3) is 0.348. The third-order valence-electron chi connectivity index (χ3n) is 5.78. The molecule has 1 aromatic carbocycles. The van der Waals surface area contributed by atoms with Crippen molar-refractivity contribution < 1.29 is 35.3 Å². The van der Waals surface area contributed by atoms with E-state index in [0.29, 0.717) is 23.2 Å². The zero-order valence-corrected chi connectivity index (χ0v) is 20.2. The summed E-state index contributed by atoms with van der Waals surface area (Å²) in [6.07, 6.45) is 1.86. The summed E-state index contributed by atoms with van der Waals surface area (Å²) in [5.74, 6) is -0.715. The third kappa shape index (κ3) is 7.74. The zero-order chi connectivity index (χ0) is 26.6. The zero-order valence-electron chi connectivity index (χ0n) is 19.4. The van der Waals surface area contributed by atoms with Gasteiger partial charge in [-0.05, 0) is 55.0 Å². The van der Waals surface area contributed by atoms with Crippen molar-refractivity contribution in [2.75, 3.05) is 11.9 Å². The van der Waals surface area contributed by atoms with Gasteiger partial charge in [0.15, 0.2) is 0 Å². The van der Waals surface area contributed by atoms with Crippen LogP contribution in [0.15, 0.2) is 55.0 Å². The van der Waals surface area contributed by atoms with Crippen molar-refractivity contribution in [3.8, 4) is 5.75 Å². The summed E-state index contributed by atoms with van der Waals surface area (Å²) >= 11 is 0. The molecule has 1 fully saturated rings. The molecule has 0 aliphatic heterocycles. The number of hydrogen-bond acceptors (Lipinski definition) is 8. The molecule has 2 heterocycles. The maximum atomic E-state index is 13.2. The van der Waals surface area contributed by atoms with E-state index in [4.69, 9.17) is 9.32 Å². The van der Waals surface area contributed by atoms with Gasteiger partial charge in [-0.3, -0.25) is 18.6 Å². The molecule has 4 rings (SSSR count). The number of aromatic nitrogens is 3. The molecule has 1 aliphatic carbocycles. The molecule has 0 bridgehead atoms. The molecule has 1 saturated carbocycles. The predicted octanol–water partition coefficient (Wildman–Crippen LogP) is 3.26. The van der Waals surface area contributed by atoms with Gasteiger partial charge in [0, 0.05) is 30.3 Å². The van der Waals surface area contributed by atoms with E-state index in [-0.39, 0.29) is 42.3 Å². The van der Waals surface area contributed by atoms with Gasteiger partial charge in [-0.25, -0.2) is 5.14 Å². The molecule has 2 aromatic heterocycles. The summed E-state index contributed by atoms with van der Waals surface area (Å²) in [6, 6.07) is 8.70. The molecule has 14 heteroatoms. The smallest absolute Gasteiger partial charge is 0.406 e. The Labute approximate surface area is 210 Å². The third-order valence-corrected chi connectivity index (χ3v) is 6.25. The maximum absolute atomic E-state index is 13.2. The molecule has 0 unspecified atom stereocenters. The highest BCUT2D eigenvalue weighted by atomic mass is 32.2. The lowest BCUT2D eigenvalue weighted by atomic mass is 10.1. The highest BCUT2D eigenvalue weighted by Gasteiger charge is 2.31. The van der Waals surface area contributed by atoms with Crippen molar-refractivity contribution in [3.63, 3.8) is 0 Å². The predicted molar refractivity (Wildman–Crippen MR) is 126 cm³/mol. The molecular weight excluding hydrogens is 515 g/mol. The van der Waals surface area contributed by atoms with Crippen LogP contribution in [0.1, 0.15) is 40.9 Å². The highest BCUT2D eigenvalue weighted by Crippen LogP contribution is 2.30. The quantitative estimate of drug-likeness (QED) is 0.375. The van der Waals surface area contributed by atoms with Crippen LogP contribution in [0.4, 0.5) is 18.9 Å². The van der Waals surface area contributed by atoms with E-state index in [1.165, 1.54) is 35.1 Å². The van der Waals surface area contributed by atoms with Crippen LogP contribution in [-0.4, -0.2) is 48.0 Å². The lowest BCUT2D eigenvalue weighted by Crippen LogP contribution is -2.21. The number of anilines is 1. The number of pyridine rings is 1. The van der Waals surface area contributed by atoms with Crippen LogP contribution in [0.25, 0.3) is 0 Å². The second-order valence-corrected chi connectivity index (χ2v) is 9.86. The molecular formula is C23H24F3N5O5S. The van der Waals surface area contributed by atoms with Crippen molar-refractivity contribution in [2.24, 2.45) is 11.1 Å². The van der Waals surface area contributed by atoms with Crippen molar-refractivity contribution in [1.82, 2.24) is 14.8 Å². The van der Waals surface area contributed by atoms with Crippen molar-refractivity contribution in [3.05, 3.63) is 71.8 Å². The number of hydrogen-bond donors (Lipinski definition) is 2. The van der Waals surface area contributed by atoms with E-state index in [9.17, 15) is 26.4 Å². The molecule has 3 aromatic rings. The molecule has 37 heavy (non-hydrogen) atoms. The molecule has 1 aliphatic rings. The van der Waals surface area contributed by atoms with Gasteiger partial charge in [0.2, 0.25) is 5.78 Å². The van der Waals surface area contributed by atoms with Crippen LogP contribution in [0.3, 0.4) is 0 Å². The van der Waals surface area contributed by atoms with Gasteiger partial charge in [0.05, 0.1) is 18.7 Å². The lowest BCUT2D eigenvalue weighted by Gasteiger charge is -2.16. The van der Waals surface area contributed by atoms with Gasteiger partial charge in [-0.15, -0.1) is 13.2 Å². The van der Waals surface area contributed by atoms with Gasteiger partial charge < -0.3 is 10.1 Å². The fourth-order valence-corrected chi connectivity index (χ4v) is 4.59. The summed E-state index contributed by atoms with van der Waals surface area (Å²) in [7, 11) is -4.00. The Morgan fingerprint density at radius 2 is 2.03 bits per heavy atom. The van der Waals surface area contributed by atoms with Crippen LogP contribution in [0.2, 0.25) is 0 Å². The van der Waals surface area contributed by atoms with Crippen LogP contribution in [0.5, 0.6) is 5.75 Å². The van der Waals surface area contributed by atoms with E-state index in [1.54, 1.807) is 24.5 Å². The van der Waals surface area contributed by atoms with E-state index < -0.39 is 16.7 Å². The Hall–Kier alpha value is -3.49. The first-order valence-corrected chi connectivity index (χ1v) is 12.7. The van der Waals surface area contributed by atoms with Crippen molar-refractivity contribution >= 4 is 21.8 Å². The standard InChI is InChI=1S/C23H24F3N5O5S/c24-23(25,26)36-18-3-1-2-15(11-18)13-31-9-7-21(30-31)22(32)19-12-28-8-6-20(19)29-17-5-4-16(10-17)14-35-37(27,33)34/h1-3,6-9,11-12,16-17H,4-5,10,13-14H2,(H,28,29)(H2,27,33,34)/t16-,17+/m1/s1. The number of rotatable bonds is 10. The fourth-order valence-electron chi connectivity index (χ4n) is 4.21. The van der Waals surface area contributed by atoms with Gasteiger partial charge in [-0.2, -0.15) is 13.5 Å². The first-order valence-electron chi connectivity index (χ1n) is 11.3. The van der Waals surface area contributed by atoms with E-state index in [0.717, 1.165) is 12.8 Å². The van der Waals surface area contributed by atoms with Crippen LogP contribution in [-0.2, 0) is 21.0 Å². The maximum Gasteiger partial charge on any atom is 0.573 e. The first-order chi connectivity index (χ1) is 17.4. The summed E-state index contributed by atoms with van der Waals surface area (Å²) in [5, 5.41) is 12.5. The van der Waals surface area contributed by atoms with Crippen LogP contribution >= 0.6 is 0 Å². The molecule has 2 atom stereocenters. The minimum Gasteiger partial charge on any atom is -0.406 e. The molecule has 0 amide bonds. The summed E-state index contributed by atoms with van der Waals surface area (Å²) in [6.45, 7) is 0.131. The number of alkyl halides is 3. The Kier molecular flexibility index (Phi) is 7.80. The number of benzene rings is 1. The topological polar surface area (TPSA) is 138 Å². The molecule has 3 N–H and O–H groups in total. The van der Waals surface area contributed by atoms with Gasteiger partial charge in [-0.1, -0.05) is 12.1 Å². The minimum atomic E-state index is -4.79. The Bertz CT molecular complexity index is 1360. The molecule has 10 nitrogen and oxygen atoms in total. The Morgan fingerprint density at radius 3 is 2.78 bits per heavy atom. The van der Waals surface area contributed by atoms with E-state index >= 15 is 0 Å². The largest absolute Gasteiger partial charge is 0.573 e. The molecule has 0 radical (unpaired) electrons. The van der Waals surface area contributed by atoms with Crippen molar-refractivity contribution in [2.45, 2.75) is 38.2 Å². The second kappa shape index (κ2) is 10.9. The monoisotopic (exact) mass is 539 g/mol. The van der Waals surface area contributed by atoms with Crippen LogP contribution in [0, 0.1) is 5.92 Å². The number of nitrogens with zero attached hydrogens (tertiary/aromatic N) is 3. The van der Waals surface area contributed by atoms with Crippen molar-refractivity contribution in [1.29, 1.82) is 0 Å². The Balaban J connectivity index is 1.41. The number of halogens is 3. The van der Waals surface area contributed by atoms with E-state index in [1.807, 2.05) is 0 Å². The van der Waals surface area contributed by atoms with E-state index in [2.05, 4.69) is 20.1 Å². The summed E-state index contributed by atoms with van der Waals surface area (Å²) in [5.41, 5.74) is 1.52. The summed E-state index contributed by atoms with van der Waals surface area (Å²) in [4.78, 5) is 17.2. The minimum absolute atomic E-state index is 0.00181. The molecule has 0 saturated heterocycles. The van der Waals surface area contributed by atoms with Gasteiger partial charge >= 0.3 is 16.7 Å².